The molecule has 0 aliphatic heterocycles. The van der Waals surface area contributed by atoms with Gasteiger partial charge in [0.05, 0.1) is 18.6 Å². The van der Waals surface area contributed by atoms with Gasteiger partial charge in [-0.3, -0.25) is 0 Å². The van der Waals surface area contributed by atoms with Crippen LogP contribution in [-0.4, -0.2) is 11.6 Å². The minimum atomic E-state index is 0.351. The second kappa shape index (κ2) is 8.48. The molecule has 140 valence electrons. The van der Waals surface area contributed by atoms with Crippen molar-refractivity contribution in [3.63, 3.8) is 0 Å². The summed E-state index contributed by atoms with van der Waals surface area (Å²) in [6.07, 6.45) is 9.79. The number of hydrogen-bond acceptors (Lipinski definition) is 2. The van der Waals surface area contributed by atoms with Gasteiger partial charge in [-0.05, 0) is 49.5 Å². The molecule has 3 nitrogen and oxygen atoms in total. The highest BCUT2D eigenvalue weighted by Crippen LogP contribution is 2.41. The van der Waals surface area contributed by atoms with Crippen LogP contribution in [-0.2, 0) is 11.2 Å². The van der Waals surface area contributed by atoms with E-state index in [1.807, 2.05) is 6.07 Å². The summed E-state index contributed by atoms with van der Waals surface area (Å²) in [7, 11) is 0. The summed E-state index contributed by atoms with van der Waals surface area (Å²) in [6.45, 7) is 13.6. The SMILES string of the molecule is C=C(OCCCCCCC)c1[nH]c2c(c1C)C(=C)CC(c1ccco1)C2. The van der Waals surface area contributed by atoms with E-state index >= 15 is 0 Å². The molecule has 2 aromatic rings. The number of rotatable bonds is 9. The van der Waals surface area contributed by atoms with Crippen LogP contribution in [0.1, 0.15) is 79.6 Å². The smallest absolute Gasteiger partial charge is 0.135 e. The van der Waals surface area contributed by atoms with Gasteiger partial charge in [-0.25, -0.2) is 0 Å². The molecule has 2 aromatic heterocycles. The molecule has 0 saturated carbocycles. The number of H-pyrrole nitrogens is 1. The topological polar surface area (TPSA) is 38.2 Å². The number of unbranched alkanes of at least 4 members (excludes halogenated alkanes) is 4. The summed E-state index contributed by atoms with van der Waals surface area (Å²) in [5, 5.41) is 0. The van der Waals surface area contributed by atoms with E-state index in [1.54, 1.807) is 6.26 Å². The zero-order valence-electron chi connectivity index (χ0n) is 16.2. The predicted molar refractivity (Wildman–Crippen MR) is 108 cm³/mol. The van der Waals surface area contributed by atoms with Gasteiger partial charge in [0.2, 0.25) is 0 Å². The van der Waals surface area contributed by atoms with E-state index in [4.69, 9.17) is 9.15 Å². The van der Waals surface area contributed by atoms with Gasteiger partial charge in [0, 0.05) is 17.2 Å². The highest BCUT2D eigenvalue weighted by Gasteiger charge is 2.29. The standard InChI is InChI=1S/C23H31NO2/c1-5-6-7-8-9-12-25-18(4)23-17(3)22-16(2)14-19(15-20(22)24-23)21-11-10-13-26-21/h10-11,13,19,24H,2,4-9,12,14-15H2,1,3H3. The zero-order valence-corrected chi connectivity index (χ0v) is 16.2. The first-order valence-corrected chi connectivity index (χ1v) is 9.86. The van der Waals surface area contributed by atoms with E-state index in [2.05, 4.69) is 38.1 Å². The normalized spacial score (nSPS) is 16.5. The molecule has 26 heavy (non-hydrogen) atoms. The lowest BCUT2D eigenvalue weighted by molar-refractivity contribution is 0.266. The molecule has 3 rings (SSSR count). The Morgan fingerprint density at radius 2 is 2.08 bits per heavy atom. The van der Waals surface area contributed by atoms with Crippen molar-refractivity contribution < 1.29 is 9.15 Å². The molecule has 3 heteroatoms. The summed E-state index contributed by atoms with van der Waals surface area (Å²) >= 11 is 0. The first-order valence-electron chi connectivity index (χ1n) is 9.86. The fraction of sp³-hybridized carbons (Fsp3) is 0.478. The average Bonchev–Trinajstić information content (AvgIpc) is 3.26. The zero-order chi connectivity index (χ0) is 18.5. The number of fused-ring (bicyclic) bond motifs is 1. The highest BCUT2D eigenvalue weighted by molar-refractivity contribution is 5.76. The Bertz CT molecular complexity index is 752. The molecule has 0 radical (unpaired) electrons. The summed E-state index contributed by atoms with van der Waals surface area (Å²) in [4.78, 5) is 3.56. The minimum absolute atomic E-state index is 0.351. The van der Waals surface area contributed by atoms with Crippen molar-refractivity contribution in [2.24, 2.45) is 0 Å². The molecule has 1 aliphatic rings. The van der Waals surface area contributed by atoms with Crippen LogP contribution in [0.4, 0.5) is 0 Å². The molecule has 0 aromatic carbocycles. The maximum atomic E-state index is 5.93. The second-order valence-corrected chi connectivity index (χ2v) is 7.39. The Morgan fingerprint density at radius 1 is 1.27 bits per heavy atom. The van der Waals surface area contributed by atoms with Crippen molar-refractivity contribution in [1.29, 1.82) is 0 Å². The minimum Gasteiger partial charge on any atom is -0.492 e. The molecular weight excluding hydrogens is 322 g/mol. The third kappa shape index (κ3) is 3.98. The molecule has 2 heterocycles. The van der Waals surface area contributed by atoms with Crippen LogP contribution in [0, 0.1) is 6.92 Å². The van der Waals surface area contributed by atoms with Crippen LogP contribution in [0.15, 0.2) is 36.0 Å². The van der Waals surface area contributed by atoms with Crippen molar-refractivity contribution in [2.75, 3.05) is 6.61 Å². The maximum Gasteiger partial charge on any atom is 0.135 e. The molecule has 0 bridgehead atoms. The Labute approximate surface area is 157 Å². The molecule has 1 N–H and O–H groups in total. The van der Waals surface area contributed by atoms with Gasteiger partial charge in [0.15, 0.2) is 0 Å². The Balaban J connectivity index is 1.65. The first kappa shape index (κ1) is 18.6. The molecule has 0 fully saturated rings. The fourth-order valence-electron chi connectivity index (χ4n) is 3.98. The van der Waals surface area contributed by atoms with Crippen molar-refractivity contribution in [1.82, 2.24) is 4.98 Å². The van der Waals surface area contributed by atoms with Crippen LogP contribution in [0.5, 0.6) is 0 Å². The molecule has 0 saturated heterocycles. The predicted octanol–water partition coefficient (Wildman–Crippen LogP) is 6.62. The van der Waals surface area contributed by atoms with Crippen LogP contribution < -0.4 is 0 Å². The van der Waals surface area contributed by atoms with E-state index in [0.717, 1.165) is 43.1 Å². The lowest BCUT2D eigenvalue weighted by Crippen LogP contribution is -2.10. The van der Waals surface area contributed by atoms with Gasteiger partial charge < -0.3 is 14.1 Å². The van der Waals surface area contributed by atoms with Crippen LogP contribution in [0.25, 0.3) is 11.3 Å². The third-order valence-corrected chi connectivity index (χ3v) is 5.37. The van der Waals surface area contributed by atoms with Gasteiger partial charge >= 0.3 is 0 Å². The van der Waals surface area contributed by atoms with Crippen molar-refractivity contribution in [2.45, 2.75) is 64.7 Å². The molecule has 1 aliphatic carbocycles. The molecule has 0 spiro atoms. The van der Waals surface area contributed by atoms with E-state index in [1.165, 1.54) is 48.1 Å². The lowest BCUT2D eigenvalue weighted by Gasteiger charge is -2.22. The van der Waals surface area contributed by atoms with Crippen LogP contribution in [0.2, 0.25) is 0 Å². The number of allylic oxidation sites excluding steroid dienone is 1. The van der Waals surface area contributed by atoms with Crippen molar-refractivity contribution >= 4 is 11.3 Å². The van der Waals surface area contributed by atoms with Gasteiger partial charge in [0.25, 0.3) is 0 Å². The van der Waals surface area contributed by atoms with Crippen molar-refractivity contribution in [3.05, 3.63) is 59.8 Å². The van der Waals surface area contributed by atoms with E-state index in [-0.39, 0.29) is 0 Å². The summed E-state index contributed by atoms with van der Waals surface area (Å²) in [6, 6.07) is 4.01. The third-order valence-electron chi connectivity index (χ3n) is 5.37. The summed E-state index contributed by atoms with van der Waals surface area (Å²) in [5.74, 6) is 2.13. The molecular formula is C23H31NO2. The van der Waals surface area contributed by atoms with Crippen LogP contribution >= 0.6 is 0 Å². The second-order valence-electron chi connectivity index (χ2n) is 7.39. The van der Waals surface area contributed by atoms with Crippen molar-refractivity contribution in [3.8, 4) is 0 Å². The number of nitrogens with one attached hydrogen (secondary N) is 1. The van der Waals surface area contributed by atoms with Crippen LogP contribution in [0.3, 0.4) is 0 Å². The lowest BCUT2D eigenvalue weighted by atomic mass is 9.82. The van der Waals surface area contributed by atoms with Gasteiger partial charge in [0.1, 0.15) is 11.5 Å². The van der Waals surface area contributed by atoms with E-state index < -0.39 is 0 Å². The molecule has 1 atom stereocenters. The van der Waals surface area contributed by atoms with Gasteiger partial charge in [-0.2, -0.15) is 0 Å². The molecule has 0 amide bonds. The number of ether oxygens (including phenoxy) is 1. The number of aromatic nitrogens is 1. The largest absolute Gasteiger partial charge is 0.492 e. The number of hydrogen-bond donors (Lipinski definition) is 1. The Hall–Kier alpha value is -2.16. The van der Waals surface area contributed by atoms with Gasteiger partial charge in [-0.1, -0.05) is 45.8 Å². The van der Waals surface area contributed by atoms with E-state index in [9.17, 15) is 0 Å². The first-order chi connectivity index (χ1) is 12.6. The maximum absolute atomic E-state index is 5.93. The Morgan fingerprint density at radius 3 is 2.81 bits per heavy atom. The highest BCUT2D eigenvalue weighted by atomic mass is 16.5. The fourth-order valence-corrected chi connectivity index (χ4v) is 3.98. The number of aromatic amines is 1. The Kier molecular flexibility index (Phi) is 6.08. The summed E-state index contributed by atoms with van der Waals surface area (Å²) < 4.78 is 11.5. The quantitative estimate of drug-likeness (QED) is 0.406. The average molecular weight is 354 g/mol. The monoisotopic (exact) mass is 353 g/mol. The molecule has 1 unspecified atom stereocenters. The van der Waals surface area contributed by atoms with Gasteiger partial charge in [-0.15, -0.1) is 0 Å². The number of furan rings is 1. The van der Waals surface area contributed by atoms with E-state index in [0.29, 0.717) is 5.92 Å². The summed E-state index contributed by atoms with van der Waals surface area (Å²) in [5.41, 5.74) is 5.88.